The molecule has 0 aliphatic carbocycles. The van der Waals surface area contributed by atoms with Gasteiger partial charge in [-0.1, -0.05) is 22.9 Å². The third-order valence-electron chi connectivity index (χ3n) is 2.38. The van der Waals surface area contributed by atoms with Crippen LogP contribution in [-0.2, 0) is 6.54 Å². The lowest BCUT2D eigenvalue weighted by atomic mass is 10.2. The number of nitrogens with one attached hydrogen (secondary N) is 1. The minimum atomic E-state index is -0.370. The van der Waals surface area contributed by atoms with Crippen LogP contribution in [0.15, 0.2) is 22.7 Å². The minimum absolute atomic E-state index is 0.122. The Morgan fingerprint density at radius 2 is 2.22 bits per heavy atom. The van der Waals surface area contributed by atoms with Gasteiger partial charge in [0.25, 0.3) is 5.69 Å². The van der Waals surface area contributed by atoms with Gasteiger partial charge in [0.1, 0.15) is 0 Å². The summed E-state index contributed by atoms with van der Waals surface area (Å²) in [6.45, 7) is 4.90. The van der Waals surface area contributed by atoms with Gasteiger partial charge in [0.2, 0.25) is 0 Å². The van der Waals surface area contributed by atoms with E-state index in [9.17, 15) is 10.1 Å². The normalized spacial score (nSPS) is 12.4. The number of nitro groups is 1. The highest BCUT2D eigenvalue weighted by molar-refractivity contribution is 9.10. The fraction of sp³-hybridized carbons (Fsp3) is 0.500. The van der Waals surface area contributed by atoms with E-state index < -0.39 is 0 Å². The van der Waals surface area contributed by atoms with Gasteiger partial charge in [0.05, 0.1) is 4.92 Å². The average Bonchev–Trinajstić information content (AvgIpc) is 2.33. The number of benzene rings is 1. The Hall–Kier alpha value is -0.590. The first kappa shape index (κ1) is 15.5. The molecule has 4 nitrogen and oxygen atoms in total. The molecule has 0 aliphatic heterocycles. The number of thioether (sulfide) groups is 1. The van der Waals surface area contributed by atoms with E-state index in [0.29, 0.717) is 12.6 Å². The van der Waals surface area contributed by atoms with Crippen LogP contribution in [0.1, 0.15) is 19.4 Å². The Bertz CT molecular complexity index is 415. The number of hydrogen-bond acceptors (Lipinski definition) is 4. The molecule has 0 heterocycles. The second kappa shape index (κ2) is 7.76. The summed E-state index contributed by atoms with van der Waals surface area (Å²) >= 11 is 5.18. The number of nitrogens with zero attached hydrogens (tertiary/aromatic N) is 1. The van der Waals surface area contributed by atoms with E-state index in [0.717, 1.165) is 21.5 Å². The van der Waals surface area contributed by atoms with Gasteiger partial charge >= 0.3 is 0 Å². The molecule has 0 saturated heterocycles. The largest absolute Gasteiger partial charge is 0.309 e. The molecule has 100 valence electrons. The van der Waals surface area contributed by atoms with Gasteiger partial charge in [-0.3, -0.25) is 10.1 Å². The van der Waals surface area contributed by atoms with Crippen LogP contribution < -0.4 is 5.32 Å². The van der Waals surface area contributed by atoms with Crippen molar-refractivity contribution in [3.05, 3.63) is 38.3 Å². The van der Waals surface area contributed by atoms with Crippen LogP contribution in [0.3, 0.4) is 0 Å². The van der Waals surface area contributed by atoms with Crippen LogP contribution in [-0.4, -0.2) is 22.5 Å². The van der Waals surface area contributed by atoms with Gasteiger partial charge in [0.15, 0.2) is 0 Å². The summed E-state index contributed by atoms with van der Waals surface area (Å²) in [4.78, 5) is 10.4. The number of rotatable bonds is 7. The highest BCUT2D eigenvalue weighted by Crippen LogP contribution is 2.21. The van der Waals surface area contributed by atoms with Crippen molar-refractivity contribution in [2.45, 2.75) is 26.4 Å². The zero-order valence-corrected chi connectivity index (χ0v) is 12.9. The van der Waals surface area contributed by atoms with E-state index in [1.54, 1.807) is 6.07 Å². The van der Waals surface area contributed by atoms with Crippen LogP contribution in [0.25, 0.3) is 0 Å². The fourth-order valence-electron chi connectivity index (χ4n) is 1.49. The van der Waals surface area contributed by atoms with Crippen molar-refractivity contribution in [2.24, 2.45) is 0 Å². The molecule has 1 unspecified atom stereocenters. The van der Waals surface area contributed by atoms with Crippen molar-refractivity contribution in [1.29, 1.82) is 0 Å². The second-order valence-corrected chi connectivity index (χ2v) is 6.25. The molecule has 0 aromatic heterocycles. The molecule has 0 bridgehead atoms. The van der Waals surface area contributed by atoms with Crippen LogP contribution in [0.5, 0.6) is 0 Å². The summed E-state index contributed by atoms with van der Waals surface area (Å²) in [6, 6.07) is 5.42. The van der Waals surface area contributed by atoms with Crippen LogP contribution >= 0.6 is 27.7 Å². The number of non-ortho nitro benzene ring substituents is 1. The molecule has 0 radical (unpaired) electrons. The number of halogens is 1. The zero-order valence-electron chi connectivity index (χ0n) is 10.5. The Kier molecular flexibility index (Phi) is 6.67. The quantitative estimate of drug-likeness (QED) is 0.612. The summed E-state index contributed by atoms with van der Waals surface area (Å²) in [7, 11) is 0. The molecule has 0 saturated carbocycles. The highest BCUT2D eigenvalue weighted by Gasteiger charge is 2.09. The summed E-state index contributed by atoms with van der Waals surface area (Å²) < 4.78 is 0.740. The Labute approximate surface area is 120 Å². The predicted octanol–water partition coefficient (Wildman–Crippen LogP) is 3.59. The van der Waals surface area contributed by atoms with Gasteiger partial charge < -0.3 is 5.32 Å². The van der Waals surface area contributed by atoms with E-state index >= 15 is 0 Å². The number of hydrogen-bond donors (Lipinski definition) is 1. The molecule has 1 aromatic rings. The third-order valence-corrected chi connectivity index (χ3v) is 3.98. The van der Waals surface area contributed by atoms with Crippen LogP contribution in [0, 0.1) is 10.1 Å². The fourth-order valence-corrected chi connectivity index (χ4v) is 2.72. The summed E-state index contributed by atoms with van der Waals surface area (Å²) in [5.41, 5.74) is 1.04. The first-order chi connectivity index (χ1) is 8.52. The van der Waals surface area contributed by atoms with Crippen molar-refractivity contribution in [1.82, 2.24) is 5.32 Å². The molecule has 1 N–H and O–H groups in total. The highest BCUT2D eigenvalue weighted by atomic mass is 79.9. The lowest BCUT2D eigenvalue weighted by Gasteiger charge is -2.13. The molecule has 1 rings (SSSR count). The topological polar surface area (TPSA) is 55.2 Å². The van der Waals surface area contributed by atoms with Crippen LogP contribution in [0.4, 0.5) is 5.69 Å². The Morgan fingerprint density at radius 3 is 2.83 bits per heavy atom. The molecular weight excluding hydrogens is 316 g/mol. The van der Waals surface area contributed by atoms with Gasteiger partial charge in [-0.2, -0.15) is 11.8 Å². The predicted molar refractivity (Wildman–Crippen MR) is 80.1 cm³/mol. The zero-order chi connectivity index (χ0) is 13.5. The SMILES string of the molecule is CCSCC(C)NCc1cc(Br)cc([N+](=O)[O-])c1. The third kappa shape index (κ3) is 5.37. The van der Waals surface area contributed by atoms with Gasteiger partial charge in [-0.05, 0) is 24.3 Å². The van der Waals surface area contributed by atoms with Crippen molar-refractivity contribution in [3.8, 4) is 0 Å². The summed E-state index contributed by atoms with van der Waals surface area (Å²) in [5.74, 6) is 2.15. The molecule has 0 fully saturated rings. The van der Waals surface area contributed by atoms with Crippen LogP contribution in [0.2, 0.25) is 0 Å². The lowest BCUT2D eigenvalue weighted by Crippen LogP contribution is -2.27. The molecule has 0 amide bonds. The van der Waals surface area contributed by atoms with E-state index in [1.165, 1.54) is 6.07 Å². The Morgan fingerprint density at radius 1 is 1.50 bits per heavy atom. The Balaban J connectivity index is 2.59. The van der Waals surface area contributed by atoms with Crippen molar-refractivity contribution in [2.75, 3.05) is 11.5 Å². The molecule has 6 heteroatoms. The first-order valence-corrected chi connectivity index (χ1v) is 7.72. The maximum absolute atomic E-state index is 10.7. The van der Waals surface area contributed by atoms with E-state index in [4.69, 9.17) is 0 Å². The van der Waals surface area contributed by atoms with Gasteiger partial charge in [-0.25, -0.2) is 0 Å². The molecule has 0 aliphatic rings. The van der Waals surface area contributed by atoms with Crippen molar-refractivity contribution in [3.63, 3.8) is 0 Å². The average molecular weight is 333 g/mol. The molecule has 1 aromatic carbocycles. The minimum Gasteiger partial charge on any atom is -0.309 e. The molecular formula is C12H17BrN2O2S. The second-order valence-electron chi connectivity index (χ2n) is 4.02. The maximum atomic E-state index is 10.7. The van der Waals surface area contributed by atoms with E-state index in [-0.39, 0.29) is 10.6 Å². The van der Waals surface area contributed by atoms with E-state index in [2.05, 4.69) is 35.1 Å². The smallest absolute Gasteiger partial charge is 0.270 e. The first-order valence-electron chi connectivity index (χ1n) is 5.78. The van der Waals surface area contributed by atoms with Gasteiger partial charge in [0, 0.05) is 34.9 Å². The van der Waals surface area contributed by atoms with Crippen molar-refractivity contribution >= 4 is 33.4 Å². The standard InChI is InChI=1S/C12H17BrN2O2S/c1-3-18-8-9(2)14-7-10-4-11(13)6-12(5-10)15(16)17/h4-6,9,14H,3,7-8H2,1-2H3. The van der Waals surface area contributed by atoms with Crippen molar-refractivity contribution < 1.29 is 4.92 Å². The summed E-state index contributed by atoms with van der Waals surface area (Å²) in [6.07, 6.45) is 0. The molecule has 1 atom stereocenters. The monoisotopic (exact) mass is 332 g/mol. The molecule has 0 spiro atoms. The summed E-state index contributed by atoms with van der Waals surface area (Å²) in [5, 5.41) is 14.1. The molecule has 18 heavy (non-hydrogen) atoms. The maximum Gasteiger partial charge on any atom is 0.270 e. The lowest BCUT2D eigenvalue weighted by molar-refractivity contribution is -0.385. The number of nitro benzene ring substituents is 1. The van der Waals surface area contributed by atoms with Gasteiger partial charge in [-0.15, -0.1) is 0 Å². The van der Waals surface area contributed by atoms with E-state index in [1.807, 2.05) is 17.8 Å².